The Bertz CT molecular complexity index is 360. The highest BCUT2D eigenvalue weighted by Crippen LogP contribution is 2.07. The maximum absolute atomic E-state index is 11.6. The number of hydrogen-bond donors (Lipinski definition) is 3. The minimum Gasteiger partial charge on any atom is -0.391 e. The average molecular weight is 269 g/mol. The summed E-state index contributed by atoms with van der Waals surface area (Å²) in [6.07, 6.45) is 3.31. The Balaban J connectivity index is 1.66. The molecule has 0 radical (unpaired) electrons. The molecule has 2 saturated heterocycles. The standard InChI is InChI=1S/C12H19N3O4/c16-10(19-12(18)9-4-2-6-14-9)7-15-11(17)8-3-1-5-13-8/h8-9,13-14H,1-7H2,(H,15,17)/t8-,9-/m0/s1. The van der Waals surface area contributed by atoms with Crippen molar-refractivity contribution in [1.82, 2.24) is 16.0 Å². The van der Waals surface area contributed by atoms with Gasteiger partial charge in [0, 0.05) is 0 Å². The lowest BCUT2D eigenvalue weighted by atomic mass is 10.2. The molecule has 0 bridgehead atoms. The van der Waals surface area contributed by atoms with Gasteiger partial charge in [0.1, 0.15) is 12.6 Å². The molecular weight excluding hydrogens is 250 g/mol. The Labute approximate surface area is 111 Å². The molecule has 0 saturated carbocycles. The van der Waals surface area contributed by atoms with Crippen molar-refractivity contribution >= 4 is 17.8 Å². The lowest BCUT2D eigenvalue weighted by Crippen LogP contribution is -2.43. The Kier molecular flexibility index (Phi) is 4.86. The molecule has 3 N–H and O–H groups in total. The van der Waals surface area contributed by atoms with E-state index in [1.54, 1.807) is 0 Å². The van der Waals surface area contributed by atoms with Crippen LogP contribution in [0.1, 0.15) is 25.7 Å². The molecule has 2 fully saturated rings. The number of carbonyl (C=O) groups is 3. The first-order valence-corrected chi connectivity index (χ1v) is 6.66. The predicted octanol–water partition coefficient (Wildman–Crippen LogP) is -1.32. The summed E-state index contributed by atoms with van der Waals surface area (Å²) in [7, 11) is 0. The zero-order valence-electron chi connectivity index (χ0n) is 10.7. The number of hydrogen-bond acceptors (Lipinski definition) is 6. The minimum absolute atomic E-state index is 0.221. The van der Waals surface area contributed by atoms with Gasteiger partial charge in [-0.3, -0.25) is 4.79 Å². The van der Waals surface area contributed by atoms with Gasteiger partial charge >= 0.3 is 11.9 Å². The third-order valence-corrected chi connectivity index (χ3v) is 3.34. The van der Waals surface area contributed by atoms with Crippen LogP contribution in [0, 0.1) is 0 Å². The molecule has 0 aromatic heterocycles. The summed E-state index contributed by atoms with van der Waals surface area (Å²) < 4.78 is 4.67. The maximum Gasteiger partial charge on any atom is 0.333 e. The second-order valence-electron chi connectivity index (χ2n) is 4.81. The molecule has 2 rings (SSSR count). The fraction of sp³-hybridized carbons (Fsp3) is 0.750. The lowest BCUT2D eigenvalue weighted by Gasteiger charge is -2.11. The van der Waals surface area contributed by atoms with Crippen molar-refractivity contribution in [2.45, 2.75) is 37.8 Å². The van der Waals surface area contributed by atoms with Crippen LogP contribution in [0.15, 0.2) is 0 Å². The SMILES string of the molecule is O=C(CNC(=O)[C@@H]1CCCN1)OC(=O)[C@@H]1CCCN1. The molecule has 2 aliphatic heterocycles. The summed E-state index contributed by atoms with van der Waals surface area (Å²) in [5.74, 6) is -1.50. The summed E-state index contributed by atoms with van der Waals surface area (Å²) in [6, 6.07) is -0.629. The first-order chi connectivity index (χ1) is 9.16. The van der Waals surface area contributed by atoms with E-state index in [4.69, 9.17) is 0 Å². The Morgan fingerprint density at radius 3 is 2.26 bits per heavy atom. The highest BCUT2D eigenvalue weighted by atomic mass is 16.6. The number of carbonyl (C=O) groups excluding carboxylic acids is 3. The van der Waals surface area contributed by atoms with Gasteiger partial charge in [0.2, 0.25) is 5.91 Å². The van der Waals surface area contributed by atoms with Crippen molar-refractivity contribution in [3.05, 3.63) is 0 Å². The highest BCUT2D eigenvalue weighted by Gasteiger charge is 2.26. The monoisotopic (exact) mass is 269 g/mol. The number of rotatable bonds is 4. The maximum atomic E-state index is 11.6. The van der Waals surface area contributed by atoms with Crippen molar-refractivity contribution in [2.75, 3.05) is 19.6 Å². The summed E-state index contributed by atoms with van der Waals surface area (Å²) in [4.78, 5) is 34.6. The van der Waals surface area contributed by atoms with Crippen molar-refractivity contribution in [1.29, 1.82) is 0 Å². The van der Waals surface area contributed by atoms with E-state index in [1.165, 1.54) is 0 Å². The Morgan fingerprint density at radius 1 is 1.05 bits per heavy atom. The molecule has 7 heteroatoms. The normalized spacial score (nSPS) is 26.1. The minimum atomic E-state index is -0.718. The van der Waals surface area contributed by atoms with Crippen molar-refractivity contribution < 1.29 is 19.1 Å². The van der Waals surface area contributed by atoms with Crippen LogP contribution in [-0.2, 0) is 19.1 Å². The van der Waals surface area contributed by atoms with E-state index in [0.29, 0.717) is 6.42 Å². The molecule has 1 amide bonds. The van der Waals surface area contributed by atoms with Crippen LogP contribution in [0.3, 0.4) is 0 Å². The van der Waals surface area contributed by atoms with Gasteiger partial charge in [-0.2, -0.15) is 0 Å². The molecule has 0 aromatic carbocycles. The van der Waals surface area contributed by atoms with Crippen molar-refractivity contribution in [3.8, 4) is 0 Å². The smallest absolute Gasteiger partial charge is 0.333 e. The molecule has 19 heavy (non-hydrogen) atoms. The number of ether oxygens (including phenoxy) is 1. The summed E-state index contributed by atoms with van der Waals surface area (Å²) in [5.41, 5.74) is 0. The van der Waals surface area contributed by atoms with Crippen LogP contribution < -0.4 is 16.0 Å². The van der Waals surface area contributed by atoms with E-state index in [-0.39, 0.29) is 18.5 Å². The van der Waals surface area contributed by atoms with E-state index in [2.05, 4.69) is 20.7 Å². The molecule has 0 unspecified atom stereocenters. The molecule has 0 aromatic rings. The van der Waals surface area contributed by atoms with Gasteiger partial charge in [0.25, 0.3) is 0 Å². The van der Waals surface area contributed by atoms with E-state index < -0.39 is 18.0 Å². The molecule has 2 heterocycles. The van der Waals surface area contributed by atoms with Crippen LogP contribution in [0.5, 0.6) is 0 Å². The van der Waals surface area contributed by atoms with Gasteiger partial charge in [-0.25, -0.2) is 9.59 Å². The van der Waals surface area contributed by atoms with Gasteiger partial charge in [0.05, 0.1) is 6.04 Å². The third-order valence-electron chi connectivity index (χ3n) is 3.34. The van der Waals surface area contributed by atoms with Crippen LogP contribution in [-0.4, -0.2) is 49.6 Å². The number of nitrogens with one attached hydrogen (secondary N) is 3. The van der Waals surface area contributed by atoms with Crippen molar-refractivity contribution in [3.63, 3.8) is 0 Å². The van der Waals surface area contributed by atoms with Gasteiger partial charge < -0.3 is 20.7 Å². The summed E-state index contributed by atoms with van der Waals surface area (Å²) in [6.45, 7) is 1.31. The summed E-state index contributed by atoms with van der Waals surface area (Å²) >= 11 is 0. The topological polar surface area (TPSA) is 96.5 Å². The van der Waals surface area contributed by atoms with E-state index in [1.807, 2.05) is 0 Å². The first kappa shape index (κ1) is 14.0. The predicted molar refractivity (Wildman–Crippen MR) is 66.2 cm³/mol. The Morgan fingerprint density at radius 2 is 1.68 bits per heavy atom. The van der Waals surface area contributed by atoms with Gasteiger partial charge in [-0.05, 0) is 38.8 Å². The molecule has 0 aliphatic carbocycles. The largest absolute Gasteiger partial charge is 0.391 e. The zero-order valence-corrected chi connectivity index (χ0v) is 10.7. The van der Waals surface area contributed by atoms with Gasteiger partial charge in [0.15, 0.2) is 0 Å². The lowest BCUT2D eigenvalue weighted by molar-refractivity contribution is -0.160. The van der Waals surface area contributed by atoms with Crippen LogP contribution >= 0.6 is 0 Å². The third kappa shape index (κ3) is 4.00. The fourth-order valence-electron chi connectivity index (χ4n) is 2.30. The fourth-order valence-corrected chi connectivity index (χ4v) is 2.30. The molecule has 2 atom stereocenters. The van der Waals surface area contributed by atoms with E-state index in [0.717, 1.165) is 32.4 Å². The second-order valence-corrected chi connectivity index (χ2v) is 4.81. The summed E-state index contributed by atoms with van der Waals surface area (Å²) in [5, 5.41) is 8.44. The van der Waals surface area contributed by atoms with E-state index >= 15 is 0 Å². The molecule has 7 nitrogen and oxygen atoms in total. The molecular formula is C12H19N3O4. The van der Waals surface area contributed by atoms with Crippen LogP contribution in [0.25, 0.3) is 0 Å². The first-order valence-electron chi connectivity index (χ1n) is 6.66. The molecule has 2 aliphatic rings. The van der Waals surface area contributed by atoms with Crippen LogP contribution in [0.4, 0.5) is 0 Å². The second kappa shape index (κ2) is 6.63. The Hall–Kier alpha value is -1.47. The van der Waals surface area contributed by atoms with Crippen LogP contribution in [0.2, 0.25) is 0 Å². The number of amides is 1. The molecule has 106 valence electrons. The zero-order chi connectivity index (χ0) is 13.7. The van der Waals surface area contributed by atoms with Gasteiger partial charge in [-0.1, -0.05) is 0 Å². The van der Waals surface area contributed by atoms with Crippen molar-refractivity contribution in [2.24, 2.45) is 0 Å². The quantitative estimate of drug-likeness (QED) is 0.432. The average Bonchev–Trinajstić information content (AvgIpc) is 3.07. The van der Waals surface area contributed by atoms with Gasteiger partial charge in [-0.15, -0.1) is 0 Å². The highest BCUT2D eigenvalue weighted by molar-refractivity contribution is 5.92. The van der Waals surface area contributed by atoms with E-state index in [9.17, 15) is 14.4 Å². The molecule has 0 spiro atoms. The number of esters is 2.